The second-order valence-corrected chi connectivity index (χ2v) is 26.5. The van der Waals surface area contributed by atoms with Gasteiger partial charge < -0.3 is 71.1 Å². The number of hydrogen-bond acceptors (Lipinski definition) is 34. The van der Waals surface area contributed by atoms with Crippen LogP contribution in [-0.4, -0.2) is 147 Å². The molecule has 0 fully saturated rings. The van der Waals surface area contributed by atoms with Crippen molar-refractivity contribution in [3.8, 4) is 46.0 Å². The summed E-state index contributed by atoms with van der Waals surface area (Å²) in [5, 5.41) is 9.62. The number of fused-ring (bicyclic) bond motifs is 2. The van der Waals surface area contributed by atoms with Gasteiger partial charge in [-0.3, -0.25) is 15.6 Å². The van der Waals surface area contributed by atoms with Crippen molar-refractivity contribution in [3.63, 3.8) is 0 Å². The summed E-state index contributed by atoms with van der Waals surface area (Å²) in [4.78, 5) is 143. The van der Waals surface area contributed by atoms with E-state index in [1.807, 2.05) is 48.5 Å². The molecule has 2 N–H and O–H groups in total. The highest BCUT2D eigenvalue weighted by atomic mass is 32.1. The number of benzene rings is 8. The average Bonchev–Trinajstić information content (AvgIpc) is 1.23. The maximum absolute atomic E-state index is 13.4. The highest BCUT2D eigenvalue weighted by molar-refractivity contribution is 7.22. The lowest BCUT2D eigenvalue weighted by molar-refractivity contribution is -0.160. The Morgan fingerprint density at radius 3 is 1.17 bits per heavy atom. The number of unbranched alkanes of at least 4 members (excludes halogenated alkanes) is 1. The molecule has 8 aromatic carbocycles. The predicted molar refractivity (Wildman–Crippen MR) is 447 cm³/mol. The number of carbonyl (C=O) groups excluding carboxylic acids is 11. The van der Waals surface area contributed by atoms with Crippen molar-refractivity contribution < 1.29 is 124 Å². The van der Waals surface area contributed by atoms with Gasteiger partial charge in [-0.05, 0) is 177 Å². The van der Waals surface area contributed by atoms with Crippen LogP contribution >= 0.6 is 22.7 Å². The molecule has 34 heteroatoms. The number of aromatic nitrogens is 2. The van der Waals surface area contributed by atoms with Gasteiger partial charge in [0.05, 0.1) is 68.1 Å². The minimum atomic E-state index is -1.04. The molecule has 0 aliphatic rings. The third-order valence-electron chi connectivity index (χ3n) is 15.9. The zero-order valence-electron chi connectivity index (χ0n) is 64.8. The van der Waals surface area contributed by atoms with E-state index in [1.54, 1.807) is 24.3 Å². The number of para-hydroxylation sites is 2. The molecule has 626 valence electrons. The predicted octanol–water partition coefficient (Wildman–Crippen LogP) is 14.0. The smallest absolute Gasteiger partial charge is 0.343 e. The Hall–Kier alpha value is -15.7. The van der Waals surface area contributed by atoms with E-state index < -0.39 is 77.9 Å². The van der Waals surface area contributed by atoms with Crippen LogP contribution in [0, 0.1) is 0 Å². The van der Waals surface area contributed by atoms with Gasteiger partial charge in [0.15, 0.2) is 6.10 Å². The van der Waals surface area contributed by atoms with Gasteiger partial charge in [-0.2, -0.15) is 10.2 Å². The number of hydrogen-bond donors (Lipinski definition) is 2. The fourth-order valence-corrected chi connectivity index (χ4v) is 11.5. The Balaban J connectivity index is 0.000000277. The van der Waals surface area contributed by atoms with E-state index in [0.717, 1.165) is 56.9 Å². The number of nitrogens with zero attached hydrogens (tertiary/aromatic N) is 4. The lowest BCUT2D eigenvalue weighted by Crippen LogP contribution is -2.31. The summed E-state index contributed by atoms with van der Waals surface area (Å²) in [6.45, 7) is 18.7. The standard InChI is InChI=1S/C44H37N3O14S.C44H39N3O12S/c1-4-38(48)54-22-21-41(51)59-34(26-56-39(49)5-2)25-55-31-15-11-29(12-16-31)43(53)61-36-20-19-33(23-30(36)24-45-47-44-46-35-9-7-8-10-37(35)62-44)60-42(52)28-13-17-32(18-14-28)57-27-58-40(50)6-3;1-4-39(48)54-27-35(57-41(50)6-3)11-9-10-24-53-32-18-14-30(15-19-32)43(52)59-37-23-22-34(25-31(37)26-45-47-44-46-36-12-7-8-13-38(36)60-44)58-42(51)29-16-20-33(21-17-29)55-28-56-40(49)5-2/h4-20,23-24,34H,1-3,21-22,25-27H2,(H,46,47);4-8,12-23,25-26,35H,1-3,9-11,24,27-28H2,(H,46,47)/b45-24+;45-26+. The summed E-state index contributed by atoms with van der Waals surface area (Å²) in [5.41, 5.74) is 8.68. The molecule has 2 aromatic heterocycles. The lowest BCUT2D eigenvalue weighted by Gasteiger charge is -2.18. The van der Waals surface area contributed by atoms with E-state index in [0.29, 0.717) is 58.9 Å². The van der Waals surface area contributed by atoms with Crippen molar-refractivity contribution in [2.24, 2.45) is 10.2 Å². The monoisotopic (exact) mass is 1700 g/mol. The van der Waals surface area contributed by atoms with Gasteiger partial charge in [0.25, 0.3) is 0 Å². The van der Waals surface area contributed by atoms with Gasteiger partial charge in [-0.25, -0.2) is 57.9 Å². The van der Waals surface area contributed by atoms with Gasteiger partial charge in [-0.15, -0.1) is 0 Å². The second-order valence-electron chi connectivity index (χ2n) is 24.4. The molecule has 122 heavy (non-hydrogen) atoms. The van der Waals surface area contributed by atoms with Crippen LogP contribution < -0.4 is 48.7 Å². The van der Waals surface area contributed by atoms with Crippen LogP contribution in [0.4, 0.5) is 10.3 Å². The van der Waals surface area contributed by atoms with Gasteiger partial charge >= 0.3 is 65.7 Å². The molecule has 10 aromatic rings. The third kappa shape index (κ3) is 29.8. The third-order valence-corrected chi connectivity index (χ3v) is 17.8. The van der Waals surface area contributed by atoms with Gasteiger partial charge in [0.1, 0.15) is 78.5 Å². The fourth-order valence-electron chi connectivity index (χ4n) is 9.91. The molecule has 0 amide bonds. The quantitative estimate of drug-likeness (QED) is 0.00523. The Bertz CT molecular complexity index is 5430. The Kier molecular flexibility index (Phi) is 35.1. The van der Waals surface area contributed by atoms with Crippen LogP contribution in [0.3, 0.4) is 0 Å². The largest absolute Gasteiger partial charge is 0.494 e. The number of esters is 11. The van der Waals surface area contributed by atoms with Gasteiger partial charge in [0.2, 0.25) is 23.8 Å². The summed E-state index contributed by atoms with van der Waals surface area (Å²) >= 11 is 2.78. The summed E-state index contributed by atoms with van der Waals surface area (Å²) < 4.78 is 81.8. The van der Waals surface area contributed by atoms with Crippen LogP contribution in [0.5, 0.6) is 46.0 Å². The summed E-state index contributed by atoms with van der Waals surface area (Å²) in [5.74, 6) is -5.59. The first-order valence-electron chi connectivity index (χ1n) is 36.5. The molecule has 2 heterocycles. The fraction of sp³-hybridized carbons (Fsp3) is 0.148. The summed E-state index contributed by atoms with van der Waals surface area (Å²) in [6, 6.07) is 48.1. The van der Waals surface area contributed by atoms with Crippen molar-refractivity contribution in [2.75, 3.05) is 57.5 Å². The number of anilines is 2. The molecular weight excluding hydrogens is 1620 g/mol. The molecule has 0 radical (unpaired) electrons. The molecular formula is C88H76N6O26S2. The first-order chi connectivity index (χ1) is 59.2. The Morgan fingerprint density at radius 1 is 0.369 bits per heavy atom. The minimum absolute atomic E-state index is 0.0709. The second kappa shape index (κ2) is 47.5. The highest BCUT2D eigenvalue weighted by Gasteiger charge is 2.23. The van der Waals surface area contributed by atoms with Crippen molar-refractivity contribution in [1.82, 2.24) is 9.97 Å². The van der Waals surface area contributed by atoms with Crippen molar-refractivity contribution in [1.29, 1.82) is 0 Å². The Labute approximate surface area is 704 Å². The topological polar surface area (TPSA) is 401 Å². The van der Waals surface area contributed by atoms with Crippen molar-refractivity contribution >= 4 is 131 Å². The lowest BCUT2D eigenvalue weighted by atomic mass is 10.1. The molecule has 0 saturated carbocycles. The number of thiazole rings is 2. The molecule has 0 spiro atoms. The summed E-state index contributed by atoms with van der Waals surface area (Å²) in [6.07, 6.45) is 8.43. The molecule has 2 unspecified atom stereocenters. The van der Waals surface area contributed by atoms with E-state index in [-0.39, 0.29) is 103 Å². The molecule has 32 nitrogen and oxygen atoms in total. The maximum Gasteiger partial charge on any atom is 0.343 e. The van der Waals surface area contributed by atoms with E-state index in [2.05, 4.69) is 70.5 Å². The van der Waals surface area contributed by atoms with Crippen LogP contribution in [0.25, 0.3) is 20.4 Å². The maximum atomic E-state index is 13.4. The van der Waals surface area contributed by atoms with E-state index in [1.165, 1.54) is 144 Å². The normalized spacial score (nSPS) is 11.1. The minimum Gasteiger partial charge on any atom is -0.494 e. The number of ether oxygens (including phenoxy) is 15. The van der Waals surface area contributed by atoms with Gasteiger partial charge in [-0.1, -0.05) is 86.4 Å². The van der Waals surface area contributed by atoms with Crippen LogP contribution in [0.2, 0.25) is 0 Å². The Morgan fingerprint density at radius 2 is 0.746 bits per heavy atom. The molecule has 0 saturated heterocycles. The van der Waals surface area contributed by atoms with E-state index >= 15 is 0 Å². The molecule has 2 atom stereocenters. The van der Waals surface area contributed by atoms with E-state index in [9.17, 15) is 52.7 Å². The highest BCUT2D eigenvalue weighted by Crippen LogP contribution is 2.31. The molecule has 0 aliphatic carbocycles. The molecule has 0 bridgehead atoms. The van der Waals surface area contributed by atoms with Crippen LogP contribution in [0.15, 0.2) is 268 Å². The van der Waals surface area contributed by atoms with Crippen LogP contribution in [-0.2, 0) is 66.7 Å². The molecule has 10 rings (SSSR count). The number of carbonyl (C=O) groups is 11. The first-order valence-corrected chi connectivity index (χ1v) is 38.2. The number of rotatable bonds is 44. The van der Waals surface area contributed by atoms with Crippen molar-refractivity contribution in [2.45, 2.75) is 37.9 Å². The van der Waals surface area contributed by atoms with E-state index in [4.69, 9.17) is 71.1 Å². The van der Waals surface area contributed by atoms with Crippen molar-refractivity contribution in [3.05, 3.63) is 291 Å². The SMILES string of the molecule is C=CC(=O)OCCC(=O)OC(COC(=O)C=C)COc1ccc(C(=O)Oc2ccc(OC(=O)c3ccc(OCOC(=O)C=C)cc3)cc2/C=N/Nc2nc3ccccc3s2)cc1.C=CC(=O)OCOc1ccc(C(=O)Oc2ccc(OC(=O)c3ccc(OCCCCC(COC(=O)C=C)OC(=O)C=C)cc3)c(/C=N/Nc3nc4ccccc4s3)c2)cc1. The van der Waals surface area contributed by atoms with Gasteiger partial charge in [0, 0.05) is 47.6 Å². The number of hydrazone groups is 2. The average molecular weight is 1700 g/mol. The molecule has 0 aliphatic heterocycles. The zero-order chi connectivity index (χ0) is 87.0. The number of nitrogens with one attached hydrogen (secondary N) is 2. The first kappa shape index (κ1) is 90.2. The summed E-state index contributed by atoms with van der Waals surface area (Å²) in [7, 11) is 0. The zero-order valence-corrected chi connectivity index (χ0v) is 66.5. The van der Waals surface area contributed by atoms with Crippen LogP contribution in [0.1, 0.15) is 78.2 Å².